The topological polar surface area (TPSA) is 52.7 Å². The predicted molar refractivity (Wildman–Crippen MR) is 132 cm³/mol. The molecular weight excluding hydrogens is 465 g/mol. The molecule has 1 aliphatic rings. The first-order valence-corrected chi connectivity index (χ1v) is 11.1. The molecule has 3 aromatic rings. The molecule has 0 radical (unpaired) electrons. The Bertz CT molecular complexity index is 1160. The minimum absolute atomic E-state index is 0.0431. The number of anilines is 2. The summed E-state index contributed by atoms with van der Waals surface area (Å²) in [5.74, 6) is -0.541. The van der Waals surface area contributed by atoms with E-state index in [9.17, 15) is 9.59 Å². The third kappa shape index (κ3) is 4.93. The molecular formula is C24H19Cl2N3O2S. The zero-order valence-corrected chi connectivity index (χ0v) is 19.2. The maximum absolute atomic E-state index is 13.4. The number of halogens is 2. The van der Waals surface area contributed by atoms with Crippen molar-refractivity contribution in [2.75, 3.05) is 10.2 Å². The summed E-state index contributed by atoms with van der Waals surface area (Å²) in [6.45, 7) is 0.363. The van der Waals surface area contributed by atoms with Crippen LogP contribution in [0.3, 0.4) is 0 Å². The highest BCUT2D eigenvalue weighted by atomic mass is 35.5. The number of carbonyl (C=O) groups excluding carboxylic acids is 2. The number of benzene rings is 3. The van der Waals surface area contributed by atoms with Crippen LogP contribution in [0.2, 0.25) is 10.0 Å². The van der Waals surface area contributed by atoms with Crippen molar-refractivity contribution in [3.05, 3.63) is 94.5 Å². The van der Waals surface area contributed by atoms with E-state index in [-0.39, 0.29) is 18.2 Å². The molecule has 0 spiro atoms. The molecule has 4 rings (SSSR count). The molecule has 0 saturated carbocycles. The first-order chi connectivity index (χ1) is 15.4. The standard InChI is InChI=1S/C24H19Cl2N3O2S/c25-17-11-9-16(10-12-17)15-28-21(14-22(30)27-19-6-2-1-3-7-19)23(31)29(24(28)32)20-8-4-5-18(26)13-20/h1-13,21H,14-15H2,(H,27,30). The molecule has 1 heterocycles. The molecule has 1 unspecified atom stereocenters. The summed E-state index contributed by atoms with van der Waals surface area (Å²) in [4.78, 5) is 29.4. The molecule has 2 amide bonds. The number of para-hydroxylation sites is 1. The fraction of sp³-hybridized carbons (Fsp3) is 0.125. The van der Waals surface area contributed by atoms with Gasteiger partial charge in [0.15, 0.2) is 5.11 Å². The zero-order valence-electron chi connectivity index (χ0n) is 16.9. The lowest BCUT2D eigenvalue weighted by molar-refractivity contribution is -0.124. The Morgan fingerprint density at radius 2 is 1.66 bits per heavy atom. The number of amides is 2. The van der Waals surface area contributed by atoms with E-state index >= 15 is 0 Å². The van der Waals surface area contributed by atoms with Crippen molar-refractivity contribution in [2.24, 2.45) is 0 Å². The lowest BCUT2D eigenvalue weighted by atomic mass is 10.1. The van der Waals surface area contributed by atoms with Gasteiger partial charge >= 0.3 is 0 Å². The third-order valence-electron chi connectivity index (χ3n) is 5.09. The van der Waals surface area contributed by atoms with Crippen LogP contribution in [0.1, 0.15) is 12.0 Å². The Kier molecular flexibility index (Phi) is 6.74. The molecule has 5 nitrogen and oxygen atoms in total. The van der Waals surface area contributed by atoms with Crippen LogP contribution >= 0.6 is 35.4 Å². The van der Waals surface area contributed by atoms with Crippen LogP contribution in [0.25, 0.3) is 0 Å². The van der Waals surface area contributed by atoms with Crippen molar-refractivity contribution in [1.29, 1.82) is 0 Å². The zero-order chi connectivity index (χ0) is 22.7. The molecule has 1 aliphatic heterocycles. The average molecular weight is 484 g/mol. The molecule has 162 valence electrons. The first kappa shape index (κ1) is 22.3. The third-order valence-corrected chi connectivity index (χ3v) is 5.99. The van der Waals surface area contributed by atoms with Crippen molar-refractivity contribution in [2.45, 2.75) is 19.0 Å². The van der Waals surface area contributed by atoms with Gasteiger partial charge in [0.2, 0.25) is 5.91 Å². The van der Waals surface area contributed by atoms with Crippen molar-refractivity contribution >= 4 is 63.7 Å². The minimum atomic E-state index is -0.749. The number of rotatable bonds is 6. The summed E-state index contributed by atoms with van der Waals surface area (Å²) >= 11 is 17.8. The Morgan fingerprint density at radius 3 is 2.34 bits per heavy atom. The fourth-order valence-electron chi connectivity index (χ4n) is 3.56. The van der Waals surface area contributed by atoms with Crippen molar-refractivity contribution < 1.29 is 9.59 Å². The van der Waals surface area contributed by atoms with Gasteiger partial charge in [0.05, 0.1) is 12.1 Å². The first-order valence-electron chi connectivity index (χ1n) is 9.92. The van der Waals surface area contributed by atoms with Gasteiger partial charge < -0.3 is 10.2 Å². The molecule has 3 aromatic carbocycles. The summed E-state index contributed by atoms with van der Waals surface area (Å²) in [5.41, 5.74) is 2.16. The van der Waals surface area contributed by atoms with Crippen LogP contribution in [-0.2, 0) is 16.1 Å². The van der Waals surface area contributed by atoms with E-state index in [1.165, 1.54) is 4.90 Å². The van der Waals surface area contributed by atoms with Crippen molar-refractivity contribution in [1.82, 2.24) is 4.90 Å². The predicted octanol–water partition coefficient (Wildman–Crippen LogP) is 5.52. The summed E-state index contributed by atoms with van der Waals surface area (Å²) in [6.07, 6.45) is -0.0431. The fourth-order valence-corrected chi connectivity index (χ4v) is 4.26. The smallest absolute Gasteiger partial charge is 0.256 e. The summed E-state index contributed by atoms with van der Waals surface area (Å²) in [6, 6.07) is 22.6. The van der Waals surface area contributed by atoms with E-state index in [1.54, 1.807) is 53.4 Å². The Morgan fingerprint density at radius 1 is 0.938 bits per heavy atom. The number of nitrogens with one attached hydrogen (secondary N) is 1. The normalized spacial score (nSPS) is 15.9. The van der Waals surface area contributed by atoms with E-state index in [2.05, 4.69) is 5.32 Å². The van der Waals surface area contributed by atoms with Crippen molar-refractivity contribution in [3.8, 4) is 0 Å². The largest absolute Gasteiger partial charge is 0.332 e. The van der Waals surface area contributed by atoms with Gasteiger partial charge in [-0.05, 0) is 60.2 Å². The van der Waals surface area contributed by atoms with Crippen LogP contribution in [0, 0.1) is 0 Å². The lowest BCUT2D eigenvalue weighted by Gasteiger charge is -2.24. The van der Waals surface area contributed by atoms with Gasteiger partial charge in [-0.2, -0.15) is 0 Å². The molecule has 1 N–H and O–H groups in total. The molecule has 1 atom stereocenters. The number of hydrogen-bond donors (Lipinski definition) is 1. The number of hydrogen-bond acceptors (Lipinski definition) is 3. The van der Waals surface area contributed by atoms with Crippen LogP contribution < -0.4 is 10.2 Å². The highest BCUT2D eigenvalue weighted by molar-refractivity contribution is 7.80. The Balaban J connectivity index is 1.61. The van der Waals surface area contributed by atoms with Crippen LogP contribution in [0.15, 0.2) is 78.9 Å². The van der Waals surface area contributed by atoms with Gasteiger partial charge in [0, 0.05) is 22.3 Å². The molecule has 0 aliphatic carbocycles. The second kappa shape index (κ2) is 9.69. The molecule has 0 bridgehead atoms. The summed E-state index contributed by atoms with van der Waals surface area (Å²) in [7, 11) is 0. The number of carbonyl (C=O) groups is 2. The quantitative estimate of drug-likeness (QED) is 0.468. The minimum Gasteiger partial charge on any atom is -0.332 e. The van der Waals surface area contributed by atoms with E-state index in [0.717, 1.165) is 5.56 Å². The van der Waals surface area contributed by atoms with Crippen LogP contribution in [0.4, 0.5) is 11.4 Å². The maximum Gasteiger partial charge on any atom is 0.256 e. The van der Waals surface area contributed by atoms with Gasteiger partial charge in [-0.25, -0.2) is 0 Å². The van der Waals surface area contributed by atoms with Gasteiger partial charge in [0.1, 0.15) is 6.04 Å². The average Bonchev–Trinajstić information content (AvgIpc) is 3.00. The van der Waals surface area contributed by atoms with Crippen LogP contribution in [-0.4, -0.2) is 27.9 Å². The summed E-state index contributed by atoms with van der Waals surface area (Å²) < 4.78 is 0. The second-order valence-electron chi connectivity index (χ2n) is 7.32. The second-order valence-corrected chi connectivity index (χ2v) is 8.56. The van der Waals surface area contributed by atoms with E-state index in [1.807, 2.05) is 30.3 Å². The molecule has 32 heavy (non-hydrogen) atoms. The maximum atomic E-state index is 13.4. The van der Waals surface area contributed by atoms with Gasteiger partial charge in [-0.1, -0.05) is 59.6 Å². The highest BCUT2D eigenvalue weighted by Crippen LogP contribution is 2.30. The summed E-state index contributed by atoms with van der Waals surface area (Å²) in [5, 5.41) is 4.28. The molecule has 1 saturated heterocycles. The van der Waals surface area contributed by atoms with Crippen LogP contribution in [0.5, 0.6) is 0 Å². The number of nitrogens with zero attached hydrogens (tertiary/aromatic N) is 2. The Labute approximate surface area is 201 Å². The Hall–Kier alpha value is -2.93. The van der Waals surface area contributed by atoms with Crippen molar-refractivity contribution in [3.63, 3.8) is 0 Å². The van der Waals surface area contributed by atoms with Gasteiger partial charge in [-0.15, -0.1) is 0 Å². The van der Waals surface area contributed by atoms with E-state index < -0.39 is 6.04 Å². The van der Waals surface area contributed by atoms with Gasteiger partial charge in [-0.3, -0.25) is 14.5 Å². The molecule has 0 aromatic heterocycles. The van der Waals surface area contributed by atoms with E-state index in [0.29, 0.717) is 33.1 Å². The van der Waals surface area contributed by atoms with E-state index in [4.69, 9.17) is 35.4 Å². The molecule has 8 heteroatoms. The lowest BCUT2D eigenvalue weighted by Crippen LogP contribution is -2.37. The van der Waals surface area contributed by atoms with Gasteiger partial charge in [0.25, 0.3) is 5.91 Å². The SMILES string of the molecule is O=C(CC1C(=O)N(c2cccc(Cl)c2)C(=S)N1Cc1ccc(Cl)cc1)Nc1ccccc1. The highest BCUT2D eigenvalue weighted by Gasteiger charge is 2.44. The molecule has 1 fully saturated rings. The monoisotopic (exact) mass is 483 g/mol. The number of thiocarbonyl (C=S) groups is 1.